The van der Waals surface area contributed by atoms with Crippen LogP contribution in [0.1, 0.15) is 24.5 Å². The van der Waals surface area contributed by atoms with E-state index in [0.717, 1.165) is 10.6 Å². The lowest BCUT2D eigenvalue weighted by atomic mass is 9.87. The minimum Gasteiger partial charge on any atom is -0.318 e. The number of nitrogens with zero attached hydrogens (tertiary/aromatic N) is 1. The number of imide groups is 1. The number of nitrogens with one attached hydrogen (secondary N) is 2. The van der Waals surface area contributed by atoms with Crippen LogP contribution >= 0.6 is 11.8 Å². The summed E-state index contributed by atoms with van der Waals surface area (Å²) >= 11 is 1.42. The number of rotatable bonds is 7. The molecule has 1 aliphatic rings. The minimum atomic E-state index is -1.15. The van der Waals surface area contributed by atoms with Crippen molar-refractivity contribution in [1.82, 2.24) is 15.8 Å². The van der Waals surface area contributed by atoms with E-state index < -0.39 is 17.5 Å². The summed E-state index contributed by atoms with van der Waals surface area (Å²) in [6, 6.07) is 18.2. The first-order valence-electron chi connectivity index (χ1n) is 8.70. The van der Waals surface area contributed by atoms with Crippen LogP contribution < -0.4 is 10.7 Å². The number of amides is 4. The summed E-state index contributed by atoms with van der Waals surface area (Å²) in [6.07, 6.45) is 0.386. The molecule has 1 aliphatic heterocycles. The Morgan fingerprint density at radius 3 is 2.33 bits per heavy atom. The van der Waals surface area contributed by atoms with Crippen LogP contribution in [0.15, 0.2) is 60.7 Å². The number of benzene rings is 2. The Morgan fingerprint density at radius 1 is 1.07 bits per heavy atom. The van der Waals surface area contributed by atoms with Crippen molar-refractivity contribution in [2.24, 2.45) is 0 Å². The molecule has 140 valence electrons. The van der Waals surface area contributed by atoms with Gasteiger partial charge in [-0.2, -0.15) is 5.01 Å². The Morgan fingerprint density at radius 2 is 1.70 bits per heavy atom. The average molecular weight is 383 g/mol. The van der Waals surface area contributed by atoms with E-state index in [-0.39, 0.29) is 11.7 Å². The fourth-order valence-electron chi connectivity index (χ4n) is 3.03. The van der Waals surface area contributed by atoms with E-state index in [9.17, 15) is 14.4 Å². The molecule has 0 unspecified atom stereocenters. The lowest BCUT2D eigenvalue weighted by Crippen LogP contribution is -2.49. The summed E-state index contributed by atoms with van der Waals surface area (Å²) in [6.45, 7) is 1.83. The van der Waals surface area contributed by atoms with E-state index in [4.69, 9.17) is 0 Å². The maximum Gasteiger partial charge on any atom is 0.344 e. The maximum absolute atomic E-state index is 12.9. The van der Waals surface area contributed by atoms with Gasteiger partial charge < -0.3 is 5.32 Å². The normalized spacial score (nSPS) is 19.1. The zero-order valence-electron chi connectivity index (χ0n) is 15.0. The summed E-state index contributed by atoms with van der Waals surface area (Å²) in [5.74, 6) is -0.0321. The molecular formula is C20H21N3O3S. The van der Waals surface area contributed by atoms with Crippen molar-refractivity contribution in [2.45, 2.75) is 24.6 Å². The zero-order chi connectivity index (χ0) is 19.3. The van der Waals surface area contributed by atoms with Gasteiger partial charge in [-0.3, -0.25) is 15.0 Å². The van der Waals surface area contributed by atoms with Gasteiger partial charge in [-0.25, -0.2) is 4.79 Å². The quantitative estimate of drug-likeness (QED) is 0.721. The van der Waals surface area contributed by atoms with Gasteiger partial charge in [0.15, 0.2) is 0 Å². The first-order valence-corrected chi connectivity index (χ1v) is 9.85. The summed E-state index contributed by atoms with van der Waals surface area (Å²) in [5.41, 5.74) is 3.09. The molecule has 6 nitrogen and oxygen atoms in total. The lowest BCUT2D eigenvalue weighted by molar-refractivity contribution is -0.138. The Bertz CT molecular complexity index is 829. The molecule has 2 aromatic rings. The van der Waals surface area contributed by atoms with Gasteiger partial charge >= 0.3 is 6.03 Å². The van der Waals surface area contributed by atoms with E-state index in [2.05, 4.69) is 10.7 Å². The van der Waals surface area contributed by atoms with Crippen molar-refractivity contribution < 1.29 is 14.4 Å². The number of hydrogen-bond acceptors (Lipinski definition) is 4. The molecule has 0 bridgehead atoms. The van der Waals surface area contributed by atoms with E-state index in [1.807, 2.05) is 55.5 Å². The van der Waals surface area contributed by atoms with Gasteiger partial charge in [0.1, 0.15) is 5.54 Å². The van der Waals surface area contributed by atoms with Crippen molar-refractivity contribution >= 4 is 29.6 Å². The lowest BCUT2D eigenvalue weighted by Gasteiger charge is -2.25. The van der Waals surface area contributed by atoms with Crippen LogP contribution in [-0.4, -0.2) is 28.6 Å². The molecule has 3 rings (SSSR count). The molecule has 0 spiro atoms. The van der Waals surface area contributed by atoms with Crippen molar-refractivity contribution in [3.05, 3.63) is 71.8 Å². The van der Waals surface area contributed by atoms with Gasteiger partial charge in [0, 0.05) is 5.75 Å². The molecule has 2 N–H and O–H groups in total. The highest BCUT2D eigenvalue weighted by atomic mass is 32.2. The first kappa shape index (κ1) is 19.0. The van der Waals surface area contributed by atoms with Crippen molar-refractivity contribution in [3.8, 4) is 0 Å². The summed E-state index contributed by atoms with van der Waals surface area (Å²) in [4.78, 5) is 37.5. The van der Waals surface area contributed by atoms with Crippen LogP contribution in [0.25, 0.3) is 0 Å². The highest BCUT2D eigenvalue weighted by molar-refractivity contribution is 7.99. The number of urea groups is 1. The summed E-state index contributed by atoms with van der Waals surface area (Å²) in [5, 5.41) is 3.53. The summed E-state index contributed by atoms with van der Waals surface area (Å²) in [7, 11) is 0. The Hall–Kier alpha value is -2.80. The number of carbonyl (C=O) groups is 3. The van der Waals surface area contributed by atoms with Gasteiger partial charge in [-0.15, -0.1) is 11.8 Å². The van der Waals surface area contributed by atoms with Gasteiger partial charge in [-0.1, -0.05) is 67.6 Å². The largest absolute Gasteiger partial charge is 0.344 e. The molecule has 7 heteroatoms. The molecular weight excluding hydrogens is 362 g/mol. The van der Waals surface area contributed by atoms with Crippen LogP contribution in [0.4, 0.5) is 4.79 Å². The first-order chi connectivity index (χ1) is 13.1. The van der Waals surface area contributed by atoms with Gasteiger partial charge in [-0.05, 0) is 17.5 Å². The Kier molecular flexibility index (Phi) is 5.81. The van der Waals surface area contributed by atoms with E-state index in [0.29, 0.717) is 17.7 Å². The molecule has 1 fully saturated rings. The molecule has 1 saturated heterocycles. The number of hydrogen-bond donors (Lipinski definition) is 2. The highest BCUT2D eigenvalue weighted by Gasteiger charge is 2.52. The monoisotopic (exact) mass is 383 g/mol. The second-order valence-corrected chi connectivity index (χ2v) is 7.19. The second-order valence-electron chi connectivity index (χ2n) is 6.21. The zero-order valence-corrected chi connectivity index (χ0v) is 15.8. The van der Waals surface area contributed by atoms with Crippen LogP contribution in [0.5, 0.6) is 0 Å². The molecule has 1 atom stereocenters. The van der Waals surface area contributed by atoms with E-state index >= 15 is 0 Å². The van der Waals surface area contributed by atoms with Gasteiger partial charge in [0.2, 0.25) is 5.91 Å². The Labute approximate surface area is 162 Å². The van der Waals surface area contributed by atoms with Crippen molar-refractivity contribution in [1.29, 1.82) is 0 Å². The minimum absolute atomic E-state index is 0.149. The van der Waals surface area contributed by atoms with Gasteiger partial charge in [0.25, 0.3) is 5.91 Å². The second kappa shape index (κ2) is 8.26. The predicted molar refractivity (Wildman–Crippen MR) is 105 cm³/mol. The topological polar surface area (TPSA) is 78.5 Å². The molecule has 0 aromatic heterocycles. The maximum atomic E-state index is 12.9. The van der Waals surface area contributed by atoms with Crippen molar-refractivity contribution in [2.75, 3.05) is 5.75 Å². The number of hydrazine groups is 1. The third kappa shape index (κ3) is 3.98. The molecule has 2 aromatic carbocycles. The third-order valence-corrected chi connectivity index (χ3v) is 5.47. The fraction of sp³-hybridized carbons (Fsp3) is 0.250. The van der Waals surface area contributed by atoms with E-state index in [1.165, 1.54) is 11.8 Å². The van der Waals surface area contributed by atoms with Crippen LogP contribution in [0, 0.1) is 0 Å². The van der Waals surface area contributed by atoms with E-state index in [1.54, 1.807) is 12.1 Å². The standard InChI is InChI=1S/C20H21N3O3S/c1-2-20(16-11-7-4-8-12-16)18(25)23(19(26)21-20)22-17(24)14-27-13-15-9-5-3-6-10-15/h3-12H,2,13-14H2,1H3,(H,21,26)(H,22,24)/t20-/m0/s1. The molecule has 0 aliphatic carbocycles. The average Bonchev–Trinajstić information content (AvgIpc) is 2.94. The predicted octanol–water partition coefficient (Wildman–Crippen LogP) is 2.81. The molecule has 1 heterocycles. The number of carbonyl (C=O) groups excluding carboxylic acids is 3. The van der Waals surface area contributed by atoms with Gasteiger partial charge in [0.05, 0.1) is 5.75 Å². The van der Waals surface area contributed by atoms with Crippen molar-refractivity contribution in [3.63, 3.8) is 0 Å². The van der Waals surface area contributed by atoms with Crippen LogP contribution in [-0.2, 0) is 20.9 Å². The summed E-state index contributed by atoms with van der Waals surface area (Å²) < 4.78 is 0. The fourth-order valence-corrected chi connectivity index (χ4v) is 3.81. The smallest absolute Gasteiger partial charge is 0.318 e. The van der Waals surface area contributed by atoms with Crippen LogP contribution in [0.3, 0.4) is 0 Å². The SMILES string of the molecule is CC[C@@]1(c2ccccc2)NC(=O)N(NC(=O)CSCc2ccccc2)C1=O. The molecule has 4 amide bonds. The third-order valence-electron chi connectivity index (χ3n) is 4.47. The molecule has 0 radical (unpaired) electrons. The molecule has 27 heavy (non-hydrogen) atoms. The highest BCUT2D eigenvalue weighted by Crippen LogP contribution is 2.31. The Balaban J connectivity index is 1.62. The van der Waals surface area contributed by atoms with Crippen LogP contribution in [0.2, 0.25) is 0 Å². The molecule has 0 saturated carbocycles. The number of thioether (sulfide) groups is 1.